The number of fused-ring (bicyclic) bond motifs is 1. The lowest BCUT2D eigenvalue weighted by Gasteiger charge is -2.34. The molecule has 9 nitrogen and oxygen atoms in total. The Morgan fingerprint density at radius 2 is 1.83 bits per heavy atom. The number of amides is 3. The van der Waals surface area contributed by atoms with Crippen molar-refractivity contribution in [3.05, 3.63) is 66.2 Å². The molecule has 9 heteroatoms. The summed E-state index contributed by atoms with van der Waals surface area (Å²) >= 11 is 0. The second-order valence-corrected chi connectivity index (χ2v) is 11.3. The molecule has 4 aliphatic rings. The fourth-order valence-corrected chi connectivity index (χ4v) is 6.96. The predicted molar refractivity (Wildman–Crippen MR) is 152 cm³/mol. The molecule has 3 heterocycles. The maximum absolute atomic E-state index is 14.2. The quantitative estimate of drug-likeness (QED) is 0.453. The monoisotopic (exact) mass is 559 g/mol. The molecule has 6 rings (SSSR count). The predicted octanol–water partition coefficient (Wildman–Crippen LogP) is 3.83. The van der Waals surface area contributed by atoms with Crippen molar-refractivity contribution in [2.24, 2.45) is 11.8 Å². The number of hydrogen-bond acceptors (Lipinski definition) is 6. The number of likely N-dealkylation sites (tertiary alicyclic amines) is 1. The van der Waals surface area contributed by atoms with Crippen LogP contribution in [0.1, 0.15) is 44.6 Å². The first-order chi connectivity index (χ1) is 19.9. The Kier molecular flexibility index (Phi) is 7.46. The third-order valence-electron chi connectivity index (χ3n) is 8.80. The lowest BCUT2D eigenvalue weighted by atomic mass is 9.74. The van der Waals surface area contributed by atoms with Crippen LogP contribution in [0.3, 0.4) is 0 Å². The maximum atomic E-state index is 14.2. The van der Waals surface area contributed by atoms with Crippen molar-refractivity contribution in [1.82, 2.24) is 10.2 Å². The van der Waals surface area contributed by atoms with Gasteiger partial charge < -0.3 is 29.7 Å². The number of nitrogens with one attached hydrogen (secondary N) is 2. The molecule has 3 fully saturated rings. The van der Waals surface area contributed by atoms with Gasteiger partial charge in [0.15, 0.2) is 0 Å². The lowest BCUT2D eigenvalue weighted by molar-refractivity contribution is -0.142. The second kappa shape index (κ2) is 11.2. The summed E-state index contributed by atoms with van der Waals surface area (Å²) in [4.78, 5) is 43.5. The van der Waals surface area contributed by atoms with Gasteiger partial charge in [-0.1, -0.05) is 43.5 Å². The van der Waals surface area contributed by atoms with Crippen LogP contribution < -0.4 is 20.1 Å². The smallest absolute Gasteiger partial charge is 0.246 e. The van der Waals surface area contributed by atoms with E-state index in [2.05, 4.69) is 10.6 Å². The normalized spacial score (nSPS) is 28.4. The Balaban J connectivity index is 1.30. The number of carbonyl (C=O) groups is 3. The Morgan fingerprint density at radius 3 is 2.56 bits per heavy atom. The first-order valence-electron chi connectivity index (χ1n) is 14.6. The van der Waals surface area contributed by atoms with Crippen molar-refractivity contribution in [3.63, 3.8) is 0 Å². The van der Waals surface area contributed by atoms with E-state index in [9.17, 15) is 14.4 Å². The number of anilines is 1. The van der Waals surface area contributed by atoms with E-state index in [0.29, 0.717) is 23.8 Å². The average Bonchev–Trinajstić information content (AvgIpc) is 3.62. The minimum Gasteiger partial charge on any atom is -0.497 e. The number of methoxy groups -OCH3 is 1. The molecule has 0 radical (unpaired) electrons. The van der Waals surface area contributed by atoms with E-state index in [4.69, 9.17) is 14.2 Å². The van der Waals surface area contributed by atoms with Gasteiger partial charge in [0.1, 0.15) is 23.1 Å². The van der Waals surface area contributed by atoms with Crippen LogP contribution >= 0.6 is 0 Å². The van der Waals surface area contributed by atoms with Crippen LogP contribution in [-0.2, 0) is 25.7 Å². The summed E-state index contributed by atoms with van der Waals surface area (Å²) in [6.45, 7) is 2.66. The fraction of sp³-hybridized carbons (Fsp3) is 0.469. The molecule has 2 aromatic carbocycles. The SMILES string of the molecule is CCOc1ccc(NC(=O)[C@H]2[C@H]3C=C[C@]4(O3)[C@H](C(=O)NC3CCCCC3)N(Cc3cccc(OC)c3)C(=O)[C@@H]24)cc1. The van der Waals surface area contributed by atoms with E-state index >= 15 is 0 Å². The number of hydrogen-bond donors (Lipinski definition) is 2. The number of nitrogens with zero attached hydrogens (tertiary/aromatic N) is 1. The van der Waals surface area contributed by atoms with Crippen molar-refractivity contribution >= 4 is 23.4 Å². The van der Waals surface area contributed by atoms with E-state index < -0.39 is 29.6 Å². The van der Waals surface area contributed by atoms with Gasteiger partial charge in [0.05, 0.1) is 31.7 Å². The third kappa shape index (κ3) is 4.96. The standard InChI is InChI=1S/C32H37N3O6/c1-3-40-23-14-12-22(13-15-23)33-29(36)26-25-16-17-32(41-25)27(26)31(38)35(19-20-8-7-11-24(18-20)39-2)28(32)30(37)34-21-9-5-4-6-10-21/h7-8,11-18,21,25-28H,3-6,9-10,19H2,1-2H3,(H,33,36)(H,34,37)/t25-,26+,27-,28+,32-/m1/s1. The molecular weight excluding hydrogens is 522 g/mol. The van der Waals surface area contributed by atoms with E-state index in [0.717, 1.165) is 31.2 Å². The molecular formula is C32H37N3O6. The number of rotatable bonds is 9. The van der Waals surface area contributed by atoms with Crippen LogP contribution in [0, 0.1) is 11.8 Å². The molecule has 3 amide bonds. The van der Waals surface area contributed by atoms with Gasteiger partial charge in [0.2, 0.25) is 17.7 Å². The average molecular weight is 560 g/mol. The van der Waals surface area contributed by atoms with Crippen LogP contribution in [0.25, 0.3) is 0 Å². The summed E-state index contributed by atoms with van der Waals surface area (Å²) in [6, 6.07) is 13.8. The summed E-state index contributed by atoms with van der Waals surface area (Å²) in [7, 11) is 1.59. The van der Waals surface area contributed by atoms with E-state index in [1.807, 2.05) is 43.3 Å². The van der Waals surface area contributed by atoms with E-state index in [-0.39, 0.29) is 30.3 Å². The fourth-order valence-electron chi connectivity index (χ4n) is 6.96. The first-order valence-corrected chi connectivity index (χ1v) is 14.6. The van der Waals surface area contributed by atoms with E-state index in [1.165, 1.54) is 6.42 Å². The summed E-state index contributed by atoms with van der Waals surface area (Å²) < 4.78 is 17.4. The molecule has 2 aromatic rings. The maximum Gasteiger partial charge on any atom is 0.246 e. The van der Waals surface area contributed by atoms with Gasteiger partial charge in [0.25, 0.3) is 0 Å². The third-order valence-corrected chi connectivity index (χ3v) is 8.80. The van der Waals surface area contributed by atoms with Crippen LogP contribution in [0.5, 0.6) is 11.5 Å². The van der Waals surface area contributed by atoms with Crippen molar-refractivity contribution in [2.75, 3.05) is 19.0 Å². The van der Waals surface area contributed by atoms with Gasteiger partial charge in [-0.05, 0) is 61.7 Å². The zero-order valence-corrected chi connectivity index (χ0v) is 23.5. The molecule has 216 valence electrons. The highest BCUT2D eigenvalue weighted by atomic mass is 16.5. The van der Waals surface area contributed by atoms with Gasteiger partial charge in [-0.25, -0.2) is 0 Å². The van der Waals surface area contributed by atoms with Crippen molar-refractivity contribution in [2.45, 2.75) is 69.4 Å². The Bertz CT molecular complexity index is 1340. The summed E-state index contributed by atoms with van der Waals surface area (Å²) in [5.74, 6) is -0.989. The molecule has 5 atom stereocenters. The van der Waals surface area contributed by atoms with Gasteiger partial charge >= 0.3 is 0 Å². The Hall–Kier alpha value is -3.85. The Morgan fingerprint density at radius 1 is 1.05 bits per heavy atom. The molecule has 41 heavy (non-hydrogen) atoms. The highest BCUT2D eigenvalue weighted by Crippen LogP contribution is 2.55. The zero-order valence-electron chi connectivity index (χ0n) is 23.5. The van der Waals surface area contributed by atoms with E-state index in [1.54, 1.807) is 36.3 Å². The lowest BCUT2D eigenvalue weighted by Crippen LogP contribution is -2.56. The summed E-state index contributed by atoms with van der Waals surface area (Å²) in [5, 5.41) is 6.19. The Labute approximate surface area is 240 Å². The van der Waals surface area contributed by atoms with Crippen LogP contribution in [0.2, 0.25) is 0 Å². The highest BCUT2D eigenvalue weighted by molar-refractivity contribution is 6.02. The van der Waals surface area contributed by atoms with Gasteiger partial charge in [-0.15, -0.1) is 0 Å². The second-order valence-electron chi connectivity index (χ2n) is 11.3. The highest BCUT2D eigenvalue weighted by Gasteiger charge is 2.72. The largest absolute Gasteiger partial charge is 0.497 e. The summed E-state index contributed by atoms with van der Waals surface area (Å²) in [6.07, 6.45) is 8.25. The molecule has 2 bridgehead atoms. The summed E-state index contributed by atoms with van der Waals surface area (Å²) in [5.41, 5.74) is 0.225. The van der Waals surface area contributed by atoms with Crippen LogP contribution in [-0.4, -0.2) is 60.1 Å². The molecule has 1 spiro atoms. The van der Waals surface area contributed by atoms with Crippen molar-refractivity contribution in [3.8, 4) is 11.5 Å². The molecule has 2 N–H and O–H groups in total. The van der Waals surface area contributed by atoms with Gasteiger partial charge in [-0.2, -0.15) is 0 Å². The molecule has 0 aromatic heterocycles. The van der Waals surface area contributed by atoms with Gasteiger partial charge in [0, 0.05) is 18.3 Å². The molecule has 1 saturated carbocycles. The minimum absolute atomic E-state index is 0.0711. The van der Waals surface area contributed by atoms with Crippen molar-refractivity contribution < 1.29 is 28.6 Å². The van der Waals surface area contributed by atoms with Crippen molar-refractivity contribution in [1.29, 1.82) is 0 Å². The number of benzene rings is 2. The van der Waals surface area contributed by atoms with Crippen LogP contribution in [0.4, 0.5) is 5.69 Å². The first kappa shape index (κ1) is 27.3. The molecule has 3 aliphatic heterocycles. The molecule has 0 unspecified atom stereocenters. The number of ether oxygens (including phenoxy) is 3. The van der Waals surface area contributed by atoms with Gasteiger partial charge in [-0.3, -0.25) is 14.4 Å². The minimum atomic E-state index is -1.21. The molecule has 1 aliphatic carbocycles. The topological polar surface area (TPSA) is 106 Å². The zero-order chi connectivity index (χ0) is 28.6. The molecule has 2 saturated heterocycles. The number of carbonyl (C=O) groups excluding carboxylic acids is 3. The van der Waals surface area contributed by atoms with Crippen LogP contribution in [0.15, 0.2) is 60.7 Å².